The van der Waals surface area contributed by atoms with Crippen molar-refractivity contribution >= 4 is 17.6 Å². The van der Waals surface area contributed by atoms with Gasteiger partial charge < -0.3 is 19.9 Å². The average Bonchev–Trinajstić information content (AvgIpc) is 2.36. The Morgan fingerprint density at radius 2 is 2.00 bits per heavy atom. The van der Waals surface area contributed by atoms with Crippen LogP contribution in [0.5, 0.6) is 5.75 Å². The van der Waals surface area contributed by atoms with Crippen molar-refractivity contribution in [1.82, 2.24) is 0 Å². The maximum absolute atomic E-state index is 11.8. The number of hydrogen-bond donors (Lipinski definition) is 1. The van der Waals surface area contributed by atoms with Crippen molar-refractivity contribution in [1.29, 1.82) is 0 Å². The number of anilines is 1. The number of carbonyl (C=O) groups is 2. The highest BCUT2D eigenvalue weighted by molar-refractivity contribution is 5.93. The molecule has 0 saturated heterocycles. The van der Waals surface area contributed by atoms with Gasteiger partial charge in [0, 0.05) is 5.69 Å². The molecule has 20 heavy (non-hydrogen) atoms. The molecule has 0 fully saturated rings. The predicted molar refractivity (Wildman–Crippen MR) is 73.5 cm³/mol. The number of ether oxygens (including phenoxy) is 3. The molecule has 1 aromatic rings. The molecule has 0 aliphatic rings. The minimum Gasteiger partial charge on any atom is -0.481 e. The van der Waals surface area contributed by atoms with Gasteiger partial charge in [-0.2, -0.15) is 0 Å². The monoisotopic (exact) mass is 281 g/mol. The van der Waals surface area contributed by atoms with Crippen molar-refractivity contribution in [2.24, 2.45) is 0 Å². The van der Waals surface area contributed by atoms with Gasteiger partial charge in [-0.05, 0) is 39.0 Å². The molecule has 0 bridgehead atoms. The van der Waals surface area contributed by atoms with Gasteiger partial charge in [0.1, 0.15) is 11.3 Å². The second-order valence-electron chi connectivity index (χ2n) is 4.30. The molecule has 2 N–H and O–H groups in total. The summed E-state index contributed by atoms with van der Waals surface area (Å²) in [4.78, 5) is 23.2. The smallest absolute Gasteiger partial charge is 0.344 e. The van der Waals surface area contributed by atoms with Crippen molar-refractivity contribution in [3.63, 3.8) is 0 Å². The third kappa shape index (κ3) is 4.79. The highest BCUT2D eigenvalue weighted by atomic mass is 16.6. The number of benzene rings is 1. The molecule has 0 aliphatic heterocycles. The zero-order valence-electron chi connectivity index (χ0n) is 11.8. The molecule has 0 heterocycles. The molecule has 1 aromatic carbocycles. The summed E-state index contributed by atoms with van der Waals surface area (Å²) < 4.78 is 15.1. The van der Waals surface area contributed by atoms with Crippen LogP contribution in [0.25, 0.3) is 0 Å². The van der Waals surface area contributed by atoms with E-state index < -0.39 is 11.9 Å². The molecule has 110 valence electrons. The molecule has 0 unspecified atom stereocenters. The van der Waals surface area contributed by atoms with Crippen LogP contribution in [0.2, 0.25) is 0 Å². The van der Waals surface area contributed by atoms with Crippen molar-refractivity contribution in [2.75, 3.05) is 18.9 Å². The van der Waals surface area contributed by atoms with Crippen LogP contribution in [0, 0.1) is 0 Å². The summed E-state index contributed by atoms with van der Waals surface area (Å²) in [6.07, 6.45) is -0.220. The maximum Gasteiger partial charge on any atom is 0.344 e. The first kappa shape index (κ1) is 15.8. The van der Waals surface area contributed by atoms with Crippen LogP contribution in [0.4, 0.5) is 5.69 Å². The van der Waals surface area contributed by atoms with Crippen LogP contribution in [0.3, 0.4) is 0 Å². The summed E-state index contributed by atoms with van der Waals surface area (Å²) in [5.74, 6) is -0.822. The molecule has 0 atom stereocenters. The van der Waals surface area contributed by atoms with Gasteiger partial charge in [-0.15, -0.1) is 0 Å². The highest BCUT2D eigenvalue weighted by Gasteiger charge is 2.16. The highest BCUT2D eigenvalue weighted by Crippen LogP contribution is 2.22. The van der Waals surface area contributed by atoms with Gasteiger partial charge in [-0.1, -0.05) is 0 Å². The van der Waals surface area contributed by atoms with Gasteiger partial charge in [0.05, 0.1) is 12.7 Å². The average molecular weight is 281 g/mol. The van der Waals surface area contributed by atoms with Crippen molar-refractivity contribution in [2.45, 2.75) is 26.9 Å². The van der Waals surface area contributed by atoms with Crippen molar-refractivity contribution in [3.8, 4) is 5.75 Å². The molecule has 1 rings (SSSR count). The summed E-state index contributed by atoms with van der Waals surface area (Å²) in [6, 6.07) is 4.54. The van der Waals surface area contributed by atoms with E-state index in [0.29, 0.717) is 5.69 Å². The molecule has 0 spiro atoms. The lowest BCUT2D eigenvalue weighted by Crippen LogP contribution is -2.19. The van der Waals surface area contributed by atoms with E-state index in [-0.39, 0.29) is 30.6 Å². The first-order valence-corrected chi connectivity index (χ1v) is 6.33. The minimum atomic E-state index is -0.549. The second kappa shape index (κ2) is 7.37. The van der Waals surface area contributed by atoms with Crippen LogP contribution >= 0.6 is 0 Å². The Balaban J connectivity index is 2.79. The molecule has 6 heteroatoms. The number of nitrogen functional groups attached to an aromatic ring is 1. The Morgan fingerprint density at radius 3 is 2.60 bits per heavy atom. The fraction of sp³-hybridized carbons (Fsp3) is 0.429. The van der Waals surface area contributed by atoms with Crippen LogP contribution in [-0.2, 0) is 14.3 Å². The summed E-state index contributed by atoms with van der Waals surface area (Å²) in [7, 11) is 0. The van der Waals surface area contributed by atoms with Gasteiger partial charge in [-0.3, -0.25) is 0 Å². The van der Waals surface area contributed by atoms with Crippen LogP contribution in [-0.4, -0.2) is 31.3 Å². The number of hydrogen-bond acceptors (Lipinski definition) is 6. The molecule has 0 radical (unpaired) electrons. The van der Waals surface area contributed by atoms with Gasteiger partial charge in [0.25, 0.3) is 0 Å². The third-order valence-electron chi connectivity index (χ3n) is 2.21. The molecular formula is C14H19NO5. The molecular weight excluding hydrogens is 262 g/mol. The summed E-state index contributed by atoms with van der Waals surface area (Å²) >= 11 is 0. The molecule has 6 nitrogen and oxygen atoms in total. The zero-order valence-corrected chi connectivity index (χ0v) is 11.8. The van der Waals surface area contributed by atoms with Crippen LogP contribution in [0.15, 0.2) is 18.2 Å². The SMILES string of the molecule is CCOC(=O)c1cc(N)ccc1OCC(=O)OC(C)C. The number of nitrogens with two attached hydrogens (primary N) is 1. The second-order valence-corrected chi connectivity index (χ2v) is 4.30. The number of esters is 2. The fourth-order valence-corrected chi connectivity index (χ4v) is 1.48. The Labute approximate surface area is 117 Å². The summed E-state index contributed by atoms with van der Waals surface area (Å²) in [6.45, 7) is 5.14. The van der Waals surface area contributed by atoms with Gasteiger partial charge in [0.2, 0.25) is 0 Å². The van der Waals surface area contributed by atoms with Crippen LogP contribution < -0.4 is 10.5 Å². The normalized spacial score (nSPS) is 10.2. The quantitative estimate of drug-likeness (QED) is 0.631. The molecule has 0 aromatic heterocycles. The standard InChI is InChI=1S/C14H19NO5/c1-4-18-14(17)11-7-10(15)5-6-12(11)19-8-13(16)20-9(2)3/h5-7,9H,4,8,15H2,1-3H3. The van der Waals surface area contributed by atoms with Crippen molar-refractivity contribution in [3.05, 3.63) is 23.8 Å². The predicted octanol–water partition coefficient (Wildman–Crippen LogP) is 1.78. The lowest BCUT2D eigenvalue weighted by Gasteiger charge is -2.12. The zero-order chi connectivity index (χ0) is 15.1. The van der Waals surface area contributed by atoms with Crippen LogP contribution in [0.1, 0.15) is 31.1 Å². The Bertz CT molecular complexity index is 484. The van der Waals surface area contributed by atoms with E-state index in [4.69, 9.17) is 19.9 Å². The first-order chi connectivity index (χ1) is 9.43. The summed E-state index contributed by atoms with van der Waals surface area (Å²) in [5, 5.41) is 0. The Morgan fingerprint density at radius 1 is 1.30 bits per heavy atom. The van der Waals surface area contributed by atoms with E-state index in [9.17, 15) is 9.59 Å². The Hall–Kier alpha value is -2.24. The number of carbonyl (C=O) groups excluding carboxylic acids is 2. The van der Waals surface area contributed by atoms with E-state index in [1.807, 2.05) is 0 Å². The minimum absolute atomic E-state index is 0.184. The maximum atomic E-state index is 11.8. The van der Waals surface area contributed by atoms with E-state index in [1.165, 1.54) is 12.1 Å². The van der Waals surface area contributed by atoms with Gasteiger partial charge >= 0.3 is 11.9 Å². The van der Waals surface area contributed by atoms with E-state index >= 15 is 0 Å². The molecule has 0 amide bonds. The van der Waals surface area contributed by atoms with E-state index in [1.54, 1.807) is 26.8 Å². The summed E-state index contributed by atoms with van der Waals surface area (Å²) in [5.41, 5.74) is 6.22. The van der Waals surface area contributed by atoms with Crippen molar-refractivity contribution < 1.29 is 23.8 Å². The number of rotatable bonds is 6. The van der Waals surface area contributed by atoms with E-state index in [0.717, 1.165) is 0 Å². The van der Waals surface area contributed by atoms with Gasteiger partial charge in [-0.25, -0.2) is 9.59 Å². The largest absolute Gasteiger partial charge is 0.481 e. The topological polar surface area (TPSA) is 87.9 Å². The lowest BCUT2D eigenvalue weighted by atomic mass is 10.2. The Kier molecular flexibility index (Phi) is 5.83. The first-order valence-electron chi connectivity index (χ1n) is 6.33. The third-order valence-corrected chi connectivity index (χ3v) is 2.21. The van der Waals surface area contributed by atoms with E-state index in [2.05, 4.69) is 0 Å². The van der Waals surface area contributed by atoms with Gasteiger partial charge in [0.15, 0.2) is 6.61 Å². The fourth-order valence-electron chi connectivity index (χ4n) is 1.48. The molecule has 0 saturated carbocycles. The lowest BCUT2D eigenvalue weighted by molar-refractivity contribution is -0.149. The molecule has 0 aliphatic carbocycles.